The van der Waals surface area contributed by atoms with Crippen molar-refractivity contribution < 1.29 is 46.9 Å². The van der Waals surface area contributed by atoms with Gasteiger partial charge in [-0.15, -0.1) is 11.3 Å². The van der Waals surface area contributed by atoms with Crippen LogP contribution in [-0.2, 0) is 19.2 Å². The number of aromatic nitrogens is 1. The van der Waals surface area contributed by atoms with Gasteiger partial charge in [-0.2, -0.15) is 5.06 Å². The van der Waals surface area contributed by atoms with Crippen molar-refractivity contribution >= 4 is 29.1 Å². The third-order valence-corrected chi connectivity index (χ3v) is 9.21. The largest absolute Gasteiger partial charge is 0.481 e. The number of thiazole rings is 1. The molecule has 1 aromatic heterocycles. The van der Waals surface area contributed by atoms with Gasteiger partial charge in [-0.1, -0.05) is 6.07 Å². The molecule has 3 aliphatic rings. The van der Waals surface area contributed by atoms with Crippen LogP contribution >= 0.6 is 11.3 Å². The summed E-state index contributed by atoms with van der Waals surface area (Å²) in [5, 5.41) is 26.2. The Hall–Kier alpha value is -3.44. The van der Waals surface area contributed by atoms with E-state index in [-0.39, 0.29) is 48.0 Å². The van der Waals surface area contributed by atoms with Crippen molar-refractivity contribution in [1.29, 1.82) is 0 Å². The lowest BCUT2D eigenvalue weighted by Gasteiger charge is -2.32. The Morgan fingerprint density at radius 3 is 2.69 bits per heavy atom. The Morgan fingerprint density at radius 1 is 1.31 bits per heavy atom. The molecule has 16 heteroatoms. The number of amidine groups is 1. The number of aliphatic imine (C=N–C) groups is 1. The summed E-state index contributed by atoms with van der Waals surface area (Å²) in [5.41, 5.74) is -1.43. The lowest BCUT2D eigenvalue weighted by molar-refractivity contribution is -0.202. The monoisotopic (exact) mass is 655 g/mol. The molecule has 11 nitrogen and oxygen atoms in total. The number of aliphatic carboxylic acids is 1. The van der Waals surface area contributed by atoms with Crippen LogP contribution in [0.15, 0.2) is 40.0 Å². The number of hydrogen-bond acceptors (Lipinski definition) is 11. The molecule has 2 fully saturated rings. The maximum atomic E-state index is 15.6. The normalized spacial score (nSPS) is 24.3. The maximum Gasteiger partial charge on any atom is 0.338 e. The number of aliphatic hydroxyl groups is 1. The fourth-order valence-electron chi connectivity index (χ4n) is 5.70. The standard InChI is InChI=1S/C29H33F4N5O6S/c1-5-43-26(40)20-17(35-24(25-34-8-9-45-25)36-22(20)15-6-7-16(30)21(31)14(15)2)10-37-13-29(32,33)23-18(37)12-44-38(23)11-19(39)28(3,4)27(41)42/h6-9,18-19,22-23,39H,5,10-13H2,1-4H3,(H,35,36)(H,41,42)/t18-,19-,22+,23+/m0/s1. The Balaban J connectivity index is 1.53. The predicted octanol–water partition coefficient (Wildman–Crippen LogP) is 3.05. The molecule has 3 N–H and O–H groups in total. The SMILES string of the molecule is CCOC(=O)C1=C(CN2CC(F)(F)[C@H]3[C@@H]2CON3C[C@H](O)C(C)(C)C(=O)O)NC(c2nccs2)=N[C@@H]1c1ccc(F)c(F)c1C. The number of fused-ring (bicyclic) bond motifs is 1. The minimum absolute atomic E-state index is 0.0214. The summed E-state index contributed by atoms with van der Waals surface area (Å²) in [7, 11) is 0. The highest BCUT2D eigenvalue weighted by atomic mass is 32.1. The second kappa shape index (κ2) is 12.4. The molecule has 2 saturated heterocycles. The molecular weight excluding hydrogens is 622 g/mol. The van der Waals surface area contributed by atoms with Gasteiger partial charge >= 0.3 is 11.9 Å². The van der Waals surface area contributed by atoms with Crippen molar-refractivity contribution in [2.75, 3.05) is 32.8 Å². The van der Waals surface area contributed by atoms with Gasteiger partial charge in [0.2, 0.25) is 0 Å². The maximum absolute atomic E-state index is 15.6. The van der Waals surface area contributed by atoms with Crippen LogP contribution in [0.25, 0.3) is 0 Å². The second-order valence-corrected chi connectivity index (χ2v) is 12.5. The van der Waals surface area contributed by atoms with Crippen molar-refractivity contribution in [2.24, 2.45) is 10.4 Å². The van der Waals surface area contributed by atoms with Gasteiger partial charge in [0.25, 0.3) is 5.92 Å². The number of hydrogen-bond donors (Lipinski definition) is 3. The van der Waals surface area contributed by atoms with Crippen molar-refractivity contribution in [1.82, 2.24) is 20.3 Å². The van der Waals surface area contributed by atoms with Gasteiger partial charge in [-0.3, -0.25) is 19.5 Å². The number of rotatable bonds is 10. The van der Waals surface area contributed by atoms with Gasteiger partial charge in [-0.25, -0.2) is 27.3 Å². The van der Waals surface area contributed by atoms with Crippen molar-refractivity contribution in [3.63, 3.8) is 0 Å². The molecule has 4 heterocycles. The number of carbonyl (C=O) groups is 2. The second-order valence-electron chi connectivity index (χ2n) is 11.6. The van der Waals surface area contributed by atoms with E-state index in [2.05, 4.69) is 15.3 Å². The van der Waals surface area contributed by atoms with Crippen LogP contribution in [0.1, 0.15) is 42.9 Å². The van der Waals surface area contributed by atoms with Gasteiger partial charge in [0, 0.05) is 23.8 Å². The van der Waals surface area contributed by atoms with E-state index in [9.17, 15) is 28.6 Å². The highest BCUT2D eigenvalue weighted by molar-refractivity contribution is 7.11. The molecule has 1 aromatic carbocycles. The number of alkyl halides is 2. The van der Waals surface area contributed by atoms with Gasteiger partial charge < -0.3 is 20.3 Å². The number of nitrogens with one attached hydrogen (secondary N) is 1. The van der Waals surface area contributed by atoms with Gasteiger partial charge in [0.15, 0.2) is 22.5 Å². The van der Waals surface area contributed by atoms with E-state index in [4.69, 9.17) is 9.57 Å². The molecule has 5 rings (SSSR count). The van der Waals surface area contributed by atoms with Crippen LogP contribution in [0.5, 0.6) is 0 Å². The van der Waals surface area contributed by atoms with E-state index in [0.717, 1.165) is 11.1 Å². The molecule has 0 saturated carbocycles. The van der Waals surface area contributed by atoms with Gasteiger partial charge in [-0.05, 0) is 44.9 Å². The van der Waals surface area contributed by atoms with Crippen LogP contribution in [0.4, 0.5) is 17.6 Å². The third-order valence-electron chi connectivity index (χ3n) is 8.43. The first-order valence-electron chi connectivity index (χ1n) is 14.2. The summed E-state index contributed by atoms with van der Waals surface area (Å²) < 4.78 is 65.4. The first kappa shape index (κ1) is 32.9. The topological polar surface area (TPSA) is 137 Å². The minimum atomic E-state index is -3.35. The van der Waals surface area contributed by atoms with E-state index in [0.29, 0.717) is 5.01 Å². The molecule has 0 spiro atoms. The molecule has 3 aliphatic heterocycles. The Morgan fingerprint density at radius 2 is 2.04 bits per heavy atom. The number of hydroxylamine groups is 2. The minimum Gasteiger partial charge on any atom is -0.481 e. The highest BCUT2D eigenvalue weighted by Gasteiger charge is 2.61. The number of carboxylic acid groups (broad SMARTS) is 1. The summed E-state index contributed by atoms with van der Waals surface area (Å²) in [6, 6.07) is -1.38. The smallest absolute Gasteiger partial charge is 0.338 e. The fraction of sp³-hybridized carbons (Fsp3) is 0.517. The van der Waals surface area contributed by atoms with E-state index >= 15 is 8.78 Å². The highest BCUT2D eigenvalue weighted by Crippen LogP contribution is 2.42. The zero-order valence-corrected chi connectivity index (χ0v) is 25.7. The number of likely N-dealkylation sites (tertiary alicyclic amines) is 1. The average Bonchev–Trinajstić information content (AvgIpc) is 3.71. The number of ether oxygens (including phenoxy) is 1. The molecule has 45 heavy (non-hydrogen) atoms. The van der Waals surface area contributed by atoms with Gasteiger partial charge in [0.05, 0.1) is 49.4 Å². The van der Waals surface area contributed by atoms with Crippen LogP contribution in [-0.4, -0.2) is 99.9 Å². The Labute approximate surface area is 260 Å². The molecule has 0 amide bonds. The summed E-state index contributed by atoms with van der Waals surface area (Å²) in [4.78, 5) is 41.0. The summed E-state index contributed by atoms with van der Waals surface area (Å²) in [6.45, 7) is 3.84. The van der Waals surface area contributed by atoms with Crippen molar-refractivity contribution in [2.45, 2.75) is 57.8 Å². The Bertz CT molecular complexity index is 1540. The molecular formula is C29H33F4N5O6S. The third kappa shape index (κ3) is 6.08. The molecule has 0 bridgehead atoms. The number of esters is 1. The van der Waals surface area contributed by atoms with Crippen LogP contribution in [0, 0.1) is 24.0 Å². The number of β-amino-alcohol motifs (C(OH)–C–C–N with tert-alkyl or cyclic N) is 1. The van der Waals surface area contributed by atoms with E-state index < -0.39 is 72.2 Å². The molecule has 0 unspecified atom stereocenters. The first-order chi connectivity index (χ1) is 21.2. The number of halogens is 4. The van der Waals surface area contributed by atoms with Crippen LogP contribution in [0.3, 0.4) is 0 Å². The van der Waals surface area contributed by atoms with E-state index in [1.807, 2.05) is 0 Å². The summed E-state index contributed by atoms with van der Waals surface area (Å²) >= 11 is 1.22. The predicted molar refractivity (Wildman–Crippen MR) is 153 cm³/mol. The number of benzene rings is 1. The number of aliphatic hydroxyl groups excluding tert-OH is 1. The molecule has 4 atom stereocenters. The molecule has 0 aliphatic carbocycles. The Kier molecular flexibility index (Phi) is 9.07. The summed E-state index contributed by atoms with van der Waals surface area (Å²) in [6.07, 6.45) is 0.0106. The summed E-state index contributed by atoms with van der Waals surface area (Å²) in [5.74, 6) is -7.45. The molecule has 0 radical (unpaired) electrons. The van der Waals surface area contributed by atoms with Crippen LogP contribution in [0.2, 0.25) is 0 Å². The molecule has 244 valence electrons. The number of carboxylic acids is 1. The molecule has 2 aromatic rings. The van der Waals surface area contributed by atoms with Gasteiger partial charge in [0.1, 0.15) is 12.1 Å². The lowest BCUT2D eigenvalue weighted by atomic mass is 9.86. The average molecular weight is 656 g/mol. The van der Waals surface area contributed by atoms with Crippen molar-refractivity contribution in [3.8, 4) is 0 Å². The van der Waals surface area contributed by atoms with Crippen molar-refractivity contribution in [3.05, 3.63) is 62.7 Å². The number of carbonyl (C=O) groups excluding carboxylic acids is 1. The zero-order valence-electron chi connectivity index (χ0n) is 24.9. The van der Waals surface area contributed by atoms with Crippen LogP contribution < -0.4 is 5.32 Å². The fourth-order valence-corrected chi connectivity index (χ4v) is 6.29. The van der Waals surface area contributed by atoms with E-state index in [1.54, 1.807) is 12.3 Å². The quantitative estimate of drug-likeness (QED) is 0.259. The number of nitrogens with zero attached hydrogens (tertiary/aromatic N) is 4. The first-order valence-corrected chi connectivity index (χ1v) is 15.1. The lowest BCUT2D eigenvalue weighted by Crippen LogP contribution is -2.51. The van der Waals surface area contributed by atoms with E-state index in [1.165, 1.54) is 49.3 Å². The zero-order chi connectivity index (χ0) is 32.8.